The summed E-state index contributed by atoms with van der Waals surface area (Å²) in [6.45, 7) is 0. The van der Waals surface area contributed by atoms with Crippen LogP contribution in [-0.4, -0.2) is 17.0 Å². The third kappa shape index (κ3) is 1.87. The van der Waals surface area contributed by atoms with Crippen molar-refractivity contribution in [2.75, 3.05) is 4.90 Å². The Morgan fingerprint density at radius 3 is 2.12 bits per heavy atom. The van der Waals surface area contributed by atoms with Crippen molar-refractivity contribution < 1.29 is 5.21 Å². The molecule has 1 aliphatic heterocycles. The highest BCUT2D eigenvalue weighted by atomic mass is 16.4. The lowest BCUT2D eigenvalue weighted by Gasteiger charge is -2.37. The lowest BCUT2D eigenvalue weighted by molar-refractivity contribution is 0.311. The molecule has 3 heteroatoms. The SMILES string of the molecule is O/N=C1\[C@H]2CC[C@H](C2)[C@@H]1N1c2ccccc2C=Cc2ccccc21. The van der Waals surface area contributed by atoms with Gasteiger partial charge in [0.15, 0.2) is 0 Å². The third-order valence-corrected chi connectivity index (χ3v) is 5.87. The average Bonchev–Trinajstić information content (AvgIpc) is 3.19. The van der Waals surface area contributed by atoms with E-state index in [2.05, 4.69) is 70.7 Å². The molecule has 5 rings (SSSR count). The molecule has 1 heterocycles. The Kier molecular flexibility index (Phi) is 3.02. The molecule has 3 atom stereocenters. The number of hydrogen-bond donors (Lipinski definition) is 1. The molecule has 24 heavy (non-hydrogen) atoms. The van der Waals surface area contributed by atoms with E-state index in [-0.39, 0.29) is 6.04 Å². The van der Waals surface area contributed by atoms with E-state index in [0.29, 0.717) is 11.8 Å². The highest BCUT2D eigenvalue weighted by Gasteiger charge is 2.49. The van der Waals surface area contributed by atoms with Gasteiger partial charge >= 0.3 is 0 Å². The zero-order valence-corrected chi connectivity index (χ0v) is 13.5. The highest BCUT2D eigenvalue weighted by molar-refractivity contribution is 6.01. The second-order valence-electron chi connectivity index (χ2n) is 7.06. The molecule has 120 valence electrons. The summed E-state index contributed by atoms with van der Waals surface area (Å²) in [5.74, 6) is 1.01. The van der Waals surface area contributed by atoms with Gasteiger partial charge in [-0.1, -0.05) is 53.7 Å². The number of rotatable bonds is 1. The summed E-state index contributed by atoms with van der Waals surface area (Å²) in [5, 5.41) is 13.5. The van der Waals surface area contributed by atoms with Crippen LogP contribution in [0.3, 0.4) is 0 Å². The smallest absolute Gasteiger partial charge is 0.0832 e. The maximum absolute atomic E-state index is 9.70. The summed E-state index contributed by atoms with van der Waals surface area (Å²) in [6.07, 6.45) is 7.92. The van der Waals surface area contributed by atoms with Gasteiger partial charge in [-0.15, -0.1) is 0 Å². The molecular weight excluding hydrogens is 296 g/mol. The minimum atomic E-state index is 0.163. The Bertz CT molecular complexity index is 805. The molecule has 0 unspecified atom stereocenters. The molecule has 2 aromatic rings. The maximum atomic E-state index is 9.70. The zero-order valence-electron chi connectivity index (χ0n) is 13.5. The van der Waals surface area contributed by atoms with Crippen LogP contribution in [0.5, 0.6) is 0 Å². The van der Waals surface area contributed by atoms with Gasteiger partial charge in [0.1, 0.15) is 0 Å². The van der Waals surface area contributed by atoms with Gasteiger partial charge in [-0.25, -0.2) is 0 Å². The molecule has 2 fully saturated rings. The van der Waals surface area contributed by atoms with Crippen molar-refractivity contribution in [1.29, 1.82) is 0 Å². The van der Waals surface area contributed by atoms with Crippen LogP contribution in [0.4, 0.5) is 11.4 Å². The van der Waals surface area contributed by atoms with E-state index in [1.807, 2.05) is 0 Å². The Labute approximate surface area is 141 Å². The molecule has 3 aliphatic rings. The van der Waals surface area contributed by atoms with Crippen LogP contribution in [0.2, 0.25) is 0 Å². The first-order chi connectivity index (χ1) is 11.9. The summed E-state index contributed by atoms with van der Waals surface area (Å²) in [5.41, 5.74) is 5.81. The minimum absolute atomic E-state index is 0.163. The lowest BCUT2D eigenvalue weighted by atomic mass is 9.90. The third-order valence-electron chi connectivity index (χ3n) is 5.87. The van der Waals surface area contributed by atoms with Crippen molar-refractivity contribution in [3.63, 3.8) is 0 Å². The standard InChI is InChI=1S/C21H20N2O/c24-22-20-16-11-12-17(13-16)21(20)23-18-7-3-1-5-14(18)9-10-15-6-2-4-8-19(15)23/h1-10,16-17,21,24H,11-13H2/b22-20+/t16-,17+,21-/m0/s1. The molecule has 2 bridgehead atoms. The van der Waals surface area contributed by atoms with Crippen molar-refractivity contribution in [2.45, 2.75) is 25.3 Å². The molecule has 0 spiro atoms. The molecule has 2 aromatic carbocycles. The first-order valence-electron chi connectivity index (χ1n) is 8.74. The largest absolute Gasteiger partial charge is 0.411 e. The highest BCUT2D eigenvalue weighted by Crippen LogP contribution is 2.49. The number of para-hydroxylation sites is 2. The van der Waals surface area contributed by atoms with Crippen LogP contribution < -0.4 is 4.90 Å². The molecule has 2 aliphatic carbocycles. The van der Waals surface area contributed by atoms with Crippen LogP contribution in [0, 0.1) is 11.8 Å². The number of fused-ring (bicyclic) bond motifs is 4. The van der Waals surface area contributed by atoms with E-state index in [1.165, 1.54) is 28.9 Å². The summed E-state index contributed by atoms with van der Waals surface area (Å²) in [6, 6.07) is 17.2. The van der Waals surface area contributed by atoms with Gasteiger partial charge in [-0.3, -0.25) is 0 Å². The molecule has 0 saturated heterocycles. The van der Waals surface area contributed by atoms with E-state index in [1.54, 1.807) is 0 Å². The molecule has 2 saturated carbocycles. The van der Waals surface area contributed by atoms with Gasteiger partial charge in [0.05, 0.1) is 11.8 Å². The van der Waals surface area contributed by atoms with Crippen molar-refractivity contribution >= 4 is 29.2 Å². The van der Waals surface area contributed by atoms with Crippen LogP contribution >= 0.6 is 0 Å². The van der Waals surface area contributed by atoms with Crippen molar-refractivity contribution in [2.24, 2.45) is 17.0 Å². The number of benzene rings is 2. The van der Waals surface area contributed by atoms with Gasteiger partial charge in [0, 0.05) is 17.3 Å². The molecule has 0 radical (unpaired) electrons. The predicted molar refractivity (Wildman–Crippen MR) is 97.8 cm³/mol. The molecule has 3 nitrogen and oxygen atoms in total. The van der Waals surface area contributed by atoms with Gasteiger partial charge in [-0.05, 0) is 48.4 Å². The monoisotopic (exact) mass is 316 g/mol. The average molecular weight is 316 g/mol. The number of nitrogens with zero attached hydrogens (tertiary/aromatic N) is 2. The number of anilines is 2. The Hall–Kier alpha value is -2.55. The second kappa shape index (κ2) is 5.23. The first kappa shape index (κ1) is 13.8. The van der Waals surface area contributed by atoms with Crippen LogP contribution in [-0.2, 0) is 0 Å². The Morgan fingerprint density at radius 1 is 0.875 bits per heavy atom. The van der Waals surface area contributed by atoms with Gasteiger partial charge in [0.2, 0.25) is 0 Å². The van der Waals surface area contributed by atoms with Crippen LogP contribution in [0.15, 0.2) is 53.7 Å². The molecule has 0 aromatic heterocycles. The van der Waals surface area contributed by atoms with Crippen molar-refractivity contribution in [1.82, 2.24) is 0 Å². The van der Waals surface area contributed by atoms with E-state index >= 15 is 0 Å². The fourth-order valence-corrected chi connectivity index (χ4v) is 4.84. The fraction of sp³-hybridized carbons (Fsp3) is 0.286. The van der Waals surface area contributed by atoms with Gasteiger partial charge < -0.3 is 10.1 Å². The minimum Gasteiger partial charge on any atom is -0.411 e. The summed E-state index contributed by atoms with van der Waals surface area (Å²) in [4.78, 5) is 2.42. The molecule has 0 amide bonds. The summed E-state index contributed by atoms with van der Waals surface area (Å²) in [7, 11) is 0. The maximum Gasteiger partial charge on any atom is 0.0832 e. The van der Waals surface area contributed by atoms with Crippen LogP contribution in [0.1, 0.15) is 30.4 Å². The van der Waals surface area contributed by atoms with Crippen molar-refractivity contribution in [3.05, 3.63) is 59.7 Å². The van der Waals surface area contributed by atoms with Gasteiger partial charge in [-0.2, -0.15) is 0 Å². The predicted octanol–water partition coefficient (Wildman–Crippen LogP) is 4.94. The van der Waals surface area contributed by atoms with E-state index in [4.69, 9.17) is 0 Å². The van der Waals surface area contributed by atoms with E-state index in [0.717, 1.165) is 18.6 Å². The lowest BCUT2D eigenvalue weighted by Crippen LogP contribution is -2.42. The van der Waals surface area contributed by atoms with E-state index in [9.17, 15) is 5.21 Å². The van der Waals surface area contributed by atoms with Gasteiger partial charge in [0.25, 0.3) is 0 Å². The molecular formula is C21H20N2O. The summed E-state index contributed by atoms with van der Waals surface area (Å²) >= 11 is 0. The fourth-order valence-electron chi connectivity index (χ4n) is 4.84. The zero-order chi connectivity index (χ0) is 16.1. The Morgan fingerprint density at radius 2 is 1.50 bits per heavy atom. The number of hydrogen-bond acceptors (Lipinski definition) is 3. The van der Waals surface area contributed by atoms with Crippen LogP contribution in [0.25, 0.3) is 12.2 Å². The number of oxime groups is 1. The Balaban J connectivity index is 1.74. The van der Waals surface area contributed by atoms with E-state index < -0.39 is 0 Å². The normalized spacial score (nSPS) is 28.8. The second-order valence-corrected chi connectivity index (χ2v) is 7.06. The quantitative estimate of drug-likeness (QED) is 0.597. The topological polar surface area (TPSA) is 35.8 Å². The van der Waals surface area contributed by atoms with Crippen molar-refractivity contribution in [3.8, 4) is 0 Å². The molecule has 1 N–H and O–H groups in total. The summed E-state index contributed by atoms with van der Waals surface area (Å²) < 4.78 is 0. The first-order valence-corrected chi connectivity index (χ1v) is 8.74.